The summed E-state index contributed by atoms with van der Waals surface area (Å²) in [6.07, 6.45) is -6.34. The lowest BCUT2D eigenvalue weighted by Crippen LogP contribution is -2.53. The fourth-order valence-electron chi connectivity index (χ4n) is 5.08. The average molecular weight is 571 g/mol. The van der Waals surface area contributed by atoms with Crippen LogP contribution in [0.2, 0.25) is 0 Å². The van der Waals surface area contributed by atoms with Gasteiger partial charge < -0.3 is 9.64 Å². The van der Waals surface area contributed by atoms with E-state index in [1.54, 1.807) is 26.0 Å². The summed E-state index contributed by atoms with van der Waals surface area (Å²) < 4.78 is 85.9. The molecule has 212 valence electrons. The molecule has 2 heterocycles. The van der Waals surface area contributed by atoms with Crippen LogP contribution < -0.4 is 5.32 Å². The van der Waals surface area contributed by atoms with Crippen LogP contribution in [0.25, 0.3) is 11.1 Å². The van der Waals surface area contributed by atoms with Crippen LogP contribution in [0, 0.1) is 5.92 Å². The van der Waals surface area contributed by atoms with Gasteiger partial charge in [0, 0.05) is 6.26 Å². The monoisotopic (exact) mass is 570 g/mol. The molecule has 4 rings (SSSR count). The molecule has 0 bridgehead atoms. The van der Waals surface area contributed by atoms with Gasteiger partial charge in [-0.3, -0.25) is 14.9 Å². The van der Waals surface area contributed by atoms with Crippen molar-refractivity contribution in [2.75, 3.05) is 19.4 Å². The largest absolute Gasteiger partial charge is 0.407 e. The average Bonchev–Trinajstić information content (AvgIpc) is 3.40. The number of nitrogens with zero attached hydrogens (tertiary/aromatic N) is 1. The summed E-state index contributed by atoms with van der Waals surface area (Å²) in [7, 11) is -3.39. The van der Waals surface area contributed by atoms with Crippen molar-refractivity contribution in [3.63, 3.8) is 0 Å². The second kappa shape index (κ2) is 11.0. The van der Waals surface area contributed by atoms with Crippen LogP contribution >= 0.6 is 0 Å². The summed E-state index contributed by atoms with van der Waals surface area (Å²) >= 11 is 0. The number of rotatable bonds is 8. The summed E-state index contributed by atoms with van der Waals surface area (Å²) in [4.78, 5) is 26.8. The highest BCUT2D eigenvalue weighted by atomic mass is 32.2. The zero-order valence-electron chi connectivity index (χ0n) is 21.6. The van der Waals surface area contributed by atoms with Crippen LogP contribution in [0.3, 0.4) is 0 Å². The molecule has 39 heavy (non-hydrogen) atoms. The number of carbonyl (C=O) groups is 2. The summed E-state index contributed by atoms with van der Waals surface area (Å²) in [6, 6.07) is 6.87. The Balaban J connectivity index is 1.59. The van der Waals surface area contributed by atoms with Gasteiger partial charge in [0.05, 0.1) is 17.5 Å². The lowest BCUT2D eigenvalue weighted by Gasteiger charge is -2.32. The lowest BCUT2D eigenvalue weighted by atomic mass is 9.97. The molecule has 0 saturated carbocycles. The van der Waals surface area contributed by atoms with Gasteiger partial charge in [-0.25, -0.2) is 12.8 Å². The SMILES string of the molecule is CC(C)C[C@H](N[C@@H](c1ccc(-c2ccc(S(C)(=O)=O)cc2)cc1)C(F)(F)F)C(=O)N1C[C@H](F)[C@H]2OCC(=O)[C@H]21. The van der Waals surface area contributed by atoms with Gasteiger partial charge in [0.2, 0.25) is 5.91 Å². The molecule has 2 saturated heterocycles. The minimum atomic E-state index is -4.77. The number of likely N-dealkylation sites (tertiary alicyclic amines) is 1. The quantitative estimate of drug-likeness (QED) is 0.485. The summed E-state index contributed by atoms with van der Waals surface area (Å²) in [5.41, 5.74) is 1.06. The number of benzene rings is 2. The smallest absolute Gasteiger partial charge is 0.365 e. The number of fused-ring (bicyclic) bond motifs is 1. The predicted octanol–water partition coefficient (Wildman–Crippen LogP) is 3.88. The van der Waals surface area contributed by atoms with Gasteiger partial charge in [-0.1, -0.05) is 50.2 Å². The van der Waals surface area contributed by atoms with Crippen molar-refractivity contribution in [2.24, 2.45) is 5.92 Å². The second-order valence-corrected chi connectivity index (χ2v) is 12.5. The van der Waals surface area contributed by atoms with E-state index in [9.17, 15) is 35.6 Å². The van der Waals surface area contributed by atoms with Crippen molar-refractivity contribution in [1.29, 1.82) is 0 Å². The molecule has 2 aliphatic heterocycles. The number of carbonyl (C=O) groups excluding carboxylic acids is 2. The van der Waals surface area contributed by atoms with E-state index in [1.807, 2.05) is 0 Å². The van der Waals surface area contributed by atoms with Crippen molar-refractivity contribution in [1.82, 2.24) is 10.2 Å². The first kappa shape index (κ1) is 29.2. The molecule has 2 aromatic rings. The number of amides is 1. The summed E-state index contributed by atoms with van der Waals surface area (Å²) in [6.45, 7) is 2.75. The lowest BCUT2D eigenvalue weighted by molar-refractivity contribution is -0.163. The highest BCUT2D eigenvalue weighted by Crippen LogP contribution is 2.36. The maximum atomic E-state index is 14.5. The highest BCUT2D eigenvalue weighted by Gasteiger charge is 2.54. The second-order valence-electron chi connectivity index (χ2n) is 10.4. The molecule has 0 aromatic heterocycles. The molecular weight excluding hydrogens is 540 g/mol. The van der Waals surface area contributed by atoms with E-state index in [0.29, 0.717) is 11.1 Å². The number of ketones is 1. The van der Waals surface area contributed by atoms with Crippen molar-refractivity contribution in [3.05, 3.63) is 54.1 Å². The fraction of sp³-hybridized carbons (Fsp3) is 0.481. The molecule has 2 fully saturated rings. The molecular formula is C27H30F4N2O5S. The number of nitrogens with one attached hydrogen (secondary N) is 1. The molecule has 2 aromatic carbocycles. The minimum Gasteiger partial charge on any atom is -0.365 e. The molecule has 7 nitrogen and oxygen atoms in total. The Bertz CT molecular complexity index is 1310. The van der Waals surface area contributed by atoms with Gasteiger partial charge in [0.25, 0.3) is 0 Å². The Hall–Kier alpha value is -2.83. The number of Topliss-reactive ketones (excluding diaryl/α,β-unsaturated/α-hetero) is 1. The Kier molecular flexibility index (Phi) is 8.21. The van der Waals surface area contributed by atoms with Crippen molar-refractivity contribution in [2.45, 2.75) is 61.7 Å². The van der Waals surface area contributed by atoms with Crippen LogP contribution in [0.5, 0.6) is 0 Å². The Labute approximate surface area is 224 Å². The van der Waals surface area contributed by atoms with Gasteiger partial charge in [-0.15, -0.1) is 0 Å². The van der Waals surface area contributed by atoms with E-state index in [2.05, 4.69) is 5.32 Å². The molecule has 0 unspecified atom stereocenters. The fourth-order valence-corrected chi connectivity index (χ4v) is 5.71. The first-order valence-corrected chi connectivity index (χ1v) is 14.4. The van der Waals surface area contributed by atoms with E-state index in [0.717, 1.165) is 11.2 Å². The van der Waals surface area contributed by atoms with Crippen LogP contribution in [0.15, 0.2) is 53.4 Å². The van der Waals surface area contributed by atoms with Gasteiger partial charge in [0.15, 0.2) is 15.6 Å². The van der Waals surface area contributed by atoms with Gasteiger partial charge in [-0.2, -0.15) is 13.2 Å². The first-order valence-electron chi connectivity index (χ1n) is 12.5. The molecule has 0 spiro atoms. The normalized spacial score (nSPS) is 23.2. The number of sulfone groups is 1. The third-order valence-corrected chi connectivity index (χ3v) is 8.09. The van der Waals surface area contributed by atoms with E-state index < -0.39 is 64.6 Å². The van der Waals surface area contributed by atoms with Gasteiger partial charge in [0.1, 0.15) is 31.0 Å². The zero-order chi connectivity index (χ0) is 28.7. The van der Waals surface area contributed by atoms with Gasteiger partial charge >= 0.3 is 6.18 Å². The topological polar surface area (TPSA) is 92.8 Å². The molecule has 1 amide bonds. The molecule has 12 heteroatoms. The number of alkyl halides is 4. The Morgan fingerprint density at radius 1 is 1.08 bits per heavy atom. The molecule has 2 aliphatic rings. The van der Waals surface area contributed by atoms with E-state index in [4.69, 9.17) is 4.74 Å². The van der Waals surface area contributed by atoms with Crippen LogP contribution in [0.4, 0.5) is 17.6 Å². The third kappa shape index (κ3) is 6.33. The number of ether oxygens (including phenoxy) is 1. The molecule has 5 atom stereocenters. The summed E-state index contributed by atoms with van der Waals surface area (Å²) in [5.74, 6) is -1.41. The van der Waals surface area contributed by atoms with Crippen molar-refractivity contribution in [3.8, 4) is 11.1 Å². The maximum absolute atomic E-state index is 14.5. The standard InChI is InChI=1S/C27H30F4N2O5S/c1-15(2)12-21(26(35)33-13-20(28)24-23(33)22(34)14-38-24)32-25(27(29,30)31)18-6-4-16(5-7-18)17-8-10-19(11-9-17)39(3,36)37/h4-11,15,20-21,23-25,32H,12-14H2,1-3H3/t20-,21-,23+,24+,25-/m0/s1. The number of hydrogen-bond donors (Lipinski definition) is 1. The van der Waals surface area contributed by atoms with Crippen LogP contribution in [0.1, 0.15) is 31.9 Å². The number of hydrogen-bond acceptors (Lipinski definition) is 6. The predicted molar refractivity (Wildman–Crippen MR) is 135 cm³/mol. The zero-order valence-corrected chi connectivity index (χ0v) is 22.4. The van der Waals surface area contributed by atoms with Crippen LogP contribution in [-0.2, 0) is 24.2 Å². The van der Waals surface area contributed by atoms with Crippen LogP contribution in [-0.4, -0.2) is 75.0 Å². The maximum Gasteiger partial charge on any atom is 0.407 e. The Morgan fingerprint density at radius 2 is 1.64 bits per heavy atom. The molecule has 0 radical (unpaired) electrons. The van der Waals surface area contributed by atoms with E-state index >= 15 is 0 Å². The van der Waals surface area contributed by atoms with Crippen molar-refractivity contribution >= 4 is 21.5 Å². The molecule has 1 N–H and O–H groups in total. The number of halogens is 4. The van der Waals surface area contributed by atoms with Crippen molar-refractivity contribution < 1.29 is 40.3 Å². The molecule has 0 aliphatic carbocycles. The Morgan fingerprint density at radius 3 is 2.15 bits per heavy atom. The first-order chi connectivity index (χ1) is 18.2. The highest BCUT2D eigenvalue weighted by molar-refractivity contribution is 7.90. The van der Waals surface area contributed by atoms with E-state index in [-0.39, 0.29) is 29.4 Å². The van der Waals surface area contributed by atoms with E-state index in [1.165, 1.54) is 36.4 Å². The minimum absolute atomic E-state index is 0.0378. The summed E-state index contributed by atoms with van der Waals surface area (Å²) in [5, 5.41) is 2.45. The third-order valence-electron chi connectivity index (χ3n) is 6.97. The van der Waals surface area contributed by atoms with Gasteiger partial charge in [-0.05, 0) is 41.2 Å².